The number of fused-ring (bicyclic) bond motifs is 5. The Labute approximate surface area is 220 Å². The quantitative estimate of drug-likeness (QED) is 0.281. The molecule has 2 nitrogen and oxygen atoms in total. The summed E-state index contributed by atoms with van der Waals surface area (Å²) in [6.07, 6.45) is 17.0. The van der Waals surface area contributed by atoms with Crippen LogP contribution in [0.3, 0.4) is 0 Å². The summed E-state index contributed by atoms with van der Waals surface area (Å²) < 4.78 is 6.00. The molecule has 2 heteroatoms. The van der Waals surface area contributed by atoms with Gasteiger partial charge in [0.15, 0.2) is 0 Å². The van der Waals surface area contributed by atoms with Crippen LogP contribution in [-0.4, -0.2) is 12.1 Å². The van der Waals surface area contributed by atoms with Gasteiger partial charge < -0.3 is 4.74 Å². The largest absolute Gasteiger partial charge is 0.458 e. The van der Waals surface area contributed by atoms with E-state index in [0.717, 1.165) is 48.3 Å². The van der Waals surface area contributed by atoms with Gasteiger partial charge in [0.2, 0.25) is 0 Å². The molecule has 0 spiro atoms. The Morgan fingerprint density at radius 3 is 2.50 bits per heavy atom. The SMILES string of the molecule is CC(C)CCCC(C)C1CCC2C3CC=C4CC(OC(=O)c5ccccc5)CCC4(C)C3CCC12C. The summed E-state index contributed by atoms with van der Waals surface area (Å²) in [5.41, 5.74) is 3.12. The molecule has 0 heterocycles. The highest BCUT2D eigenvalue weighted by molar-refractivity contribution is 5.89. The summed E-state index contributed by atoms with van der Waals surface area (Å²) in [4.78, 5) is 12.7. The van der Waals surface area contributed by atoms with Gasteiger partial charge in [-0.05, 0) is 103 Å². The first-order valence-corrected chi connectivity index (χ1v) is 15.2. The zero-order valence-corrected chi connectivity index (χ0v) is 23.6. The lowest BCUT2D eigenvalue weighted by Gasteiger charge is -2.58. The summed E-state index contributed by atoms with van der Waals surface area (Å²) >= 11 is 0. The van der Waals surface area contributed by atoms with Crippen LogP contribution < -0.4 is 0 Å². The number of ether oxygens (including phenoxy) is 1. The number of carbonyl (C=O) groups is 1. The third-order valence-corrected chi connectivity index (χ3v) is 11.5. The van der Waals surface area contributed by atoms with Gasteiger partial charge in [-0.2, -0.15) is 0 Å². The highest BCUT2D eigenvalue weighted by Crippen LogP contribution is 2.67. The maximum atomic E-state index is 12.7. The number of carbonyl (C=O) groups excluding carboxylic acids is 1. The third kappa shape index (κ3) is 4.71. The number of benzene rings is 1. The molecule has 0 aliphatic heterocycles. The molecule has 4 aliphatic carbocycles. The molecule has 0 radical (unpaired) electrons. The van der Waals surface area contributed by atoms with Crippen LogP contribution in [0.1, 0.15) is 116 Å². The van der Waals surface area contributed by atoms with Crippen molar-refractivity contribution in [3.63, 3.8) is 0 Å². The van der Waals surface area contributed by atoms with Crippen molar-refractivity contribution >= 4 is 5.97 Å². The number of hydrogen-bond donors (Lipinski definition) is 0. The Bertz CT molecular complexity index is 947. The van der Waals surface area contributed by atoms with Crippen molar-refractivity contribution < 1.29 is 9.53 Å². The fourth-order valence-corrected chi connectivity index (χ4v) is 9.55. The van der Waals surface area contributed by atoms with Crippen LogP contribution in [0.15, 0.2) is 42.0 Å². The lowest BCUT2D eigenvalue weighted by atomic mass is 9.47. The van der Waals surface area contributed by atoms with Crippen LogP contribution >= 0.6 is 0 Å². The topological polar surface area (TPSA) is 26.3 Å². The van der Waals surface area contributed by atoms with Crippen molar-refractivity contribution in [1.82, 2.24) is 0 Å². The fraction of sp³-hybridized carbons (Fsp3) is 0.735. The van der Waals surface area contributed by atoms with Crippen LogP contribution in [0.25, 0.3) is 0 Å². The first kappa shape index (κ1) is 26.1. The van der Waals surface area contributed by atoms with Gasteiger partial charge in [-0.25, -0.2) is 4.79 Å². The molecule has 0 N–H and O–H groups in total. The second-order valence-electron chi connectivity index (χ2n) is 13.9. The third-order valence-electron chi connectivity index (χ3n) is 11.5. The van der Waals surface area contributed by atoms with Gasteiger partial charge in [0, 0.05) is 6.42 Å². The van der Waals surface area contributed by atoms with Crippen LogP contribution in [0.2, 0.25) is 0 Å². The minimum Gasteiger partial charge on any atom is -0.458 e. The van der Waals surface area contributed by atoms with Gasteiger partial charge in [0.05, 0.1) is 5.56 Å². The van der Waals surface area contributed by atoms with E-state index in [2.05, 4.69) is 40.7 Å². The molecule has 0 saturated heterocycles. The molecular weight excluding hydrogens is 440 g/mol. The Kier molecular flexibility index (Phi) is 7.45. The Balaban J connectivity index is 1.25. The summed E-state index contributed by atoms with van der Waals surface area (Å²) in [5.74, 6) is 5.03. The normalized spacial score (nSPS) is 38.5. The standard InChI is InChI=1S/C34H50O2/c1-23(2)10-9-11-24(3)29-16-17-30-28-15-14-26-22-27(36-32(35)25-12-7-6-8-13-25)18-20-33(26,4)31(28)19-21-34(29,30)5/h6-8,12-14,23-24,27-31H,9-11,15-22H2,1-5H3. The molecular formula is C34H50O2. The first-order chi connectivity index (χ1) is 17.2. The zero-order chi connectivity index (χ0) is 25.5. The van der Waals surface area contributed by atoms with Gasteiger partial charge in [-0.3, -0.25) is 0 Å². The maximum absolute atomic E-state index is 12.7. The van der Waals surface area contributed by atoms with Gasteiger partial charge in [-0.15, -0.1) is 0 Å². The molecule has 0 aromatic heterocycles. The lowest BCUT2D eigenvalue weighted by molar-refractivity contribution is -0.0594. The van der Waals surface area contributed by atoms with Crippen LogP contribution in [0, 0.1) is 46.3 Å². The number of esters is 1. The molecule has 0 bridgehead atoms. The highest BCUT2D eigenvalue weighted by atomic mass is 16.5. The molecule has 8 unspecified atom stereocenters. The minimum absolute atomic E-state index is 0.0324. The molecule has 5 rings (SSSR count). The molecule has 1 aromatic carbocycles. The van der Waals surface area contributed by atoms with Gasteiger partial charge >= 0.3 is 5.97 Å². The predicted molar refractivity (Wildman–Crippen MR) is 149 cm³/mol. The van der Waals surface area contributed by atoms with Crippen molar-refractivity contribution in [1.29, 1.82) is 0 Å². The monoisotopic (exact) mass is 490 g/mol. The molecule has 36 heavy (non-hydrogen) atoms. The van der Waals surface area contributed by atoms with Gasteiger partial charge in [0.25, 0.3) is 0 Å². The average molecular weight is 491 g/mol. The van der Waals surface area contributed by atoms with Crippen LogP contribution in [-0.2, 0) is 4.74 Å². The summed E-state index contributed by atoms with van der Waals surface area (Å²) in [5, 5.41) is 0. The van der Waals surface area contributed by atoms with Gasteiger partial charge in [0.1, 0.15) is 6.10 Å². The smallest absolute Gasteiger partial charge is 0.338 e. The average Bonchev–Trinajstić information content (AvgIpc) is 3.22. The molecule has 1 aromatic rings. The van der Waals surface area contributed by atoms with E-state index in [1.807, 2.05) is 30.3 Å². The van der Waals surface area contributed by atoms with Crippen molar-refractivity contribution in [2.45, 2.75) is 111 Å². The maximum Gasteiger partial charge on any atom is 0.338 e. The Hall–Kier alpha value is -1.57. The van der Waals surface area contributed by atoms with Crippen molar-refractivity contribution in [2.24, 2.45) is 46.3 Å². The van der Waals surface area contributed by atoms with E-state index in [0.29, 0.717) is 16.4 Å². The second kappa shape index (κ2) is 10.3. The van der Waals surface area contributed by atoms with Crippen LogP contribution in [0.5, 0.6) is 0 Å². The van der Waals surface area contributed by atoms with E-state index < -0.39 is 0 Å². The Morgan fingerprint density at radius 2 is 1.75 bits per heavy atom. The van der Waals surface area contributed by atoms with Crippen molar-refractivity contribution in [3.8, 4) is 0 Å². The van der Waals surface area contributed by atoms with Crippen molar-refractivity contribution in [2.75, 3.05) is 0 Å². The molecule has 4 aliphatic rings. The van der Waals surface area contributed by atoms with E-state index in [-0.39, 0.29) is 12.1 Å². The van der Waals surface area contributed by atoms with E-state index in [1.165, 1.54) is 57.8 Å². The zero-order valence-electron chi connectivity index (χ0n) is 23.6. The van der Waals surface area contributed by atoms with Crippen LogP contribution in [0.4, 0.5) is 0 Å². The Morgan fingerprint density at radius 1 is 0.972 bits per heavy atom. The summed E-state index contributed by atoms with van der Waals surface area (Å²) in [6.45, 7) is 12.6. The molecule has 3 saturated carbocycles. The summed E-state index contributed by atoms with van der Waals surface area (Å²) in [7, 11) is 0. The minimum atomic E-state index is -0.161. The fourth-order valence-electron chi connectivity index (χ4n) is 9.55. The molecule has 0 amide bonds. The number of allylic oxidation sites excluding steroid dienone is 1. The van der Waals surface area contributed by atoms with Crippen molar-refractivity contribution in [3.05, 3.63) is 47.5 Å². The van der Waals surface area contributed by atoms with Gasteiger partial charge in [-0.1, -0.05) is 83.7 Å². The second-order valence-corrected chi connectivity index (χ2v) is 13.9. The lowest BCUT2D eigenvalue weighted by Crippen LogP contribution is -2.51. The first-order valence-electron chi connectivity index (χ1n) is 15.2. The van der Waals surface area contributed by atoms with E-state index in [1.54, 1.807) is 5.57 Å². The number of hydrogen-bond acceptors (Lipinski definition) is 2. The summed E-state index contributed by atoms with van der Waals surface area (Å²) in [6, 6.07) is 9.49. The highest BCUT2D eigenvalue weighted by Gasteiger charge is 2.59. The van der Waals surface area contributed by atoms with E-state index >= 15 is 0 Å². The van der Waals surface area contributed by atoms with E-state index in [4.69, 9.17) is 4.74 Å². The number of rotatable bonds is 7. The molecule has 3 fully saturated rings. The molecule has 8 atom stereocenters. The van der Waals surface area contributed by atoms with E-state index in [9.17, 15) is 4.79 Å². The molecule has 198 valence electrons. The predicted octanol–water partition coefficient (Wildman–Crippen LogP) is 9.25.